The molecule has 0 bridgehead atoms. The van der Waals surface area contributed by atoms with Crippen molar-refractivity contribution in [2.24, 2.45) is 0 Å². The Bertz CT molecular complexity index is 1350. The average molecular weight is 575 g/mol. The quantitative estimate of drug-likeness (QED) is 0.247. The van der Waals surface area contributed by atoms with Crippen LogP contribution in [0.2, 0.25) is 0 Å². The van der Waals surface area contributed by atoms with Crippen LogP contribution in [0.4, 0.5) is 10.5 Å². The number of aryl methyl sites for hydroxylation is 1. The number of carbonyl (C=O) groups excluding carboxylic acids is 2. The van der Waals surface area contributed by atoms with Gasteiger partial charge in [-0.15, -0.1) is 11.3 Å². The zero-order valence-corrected chi connectivity index (χ0v) is 23.9. The number of nitrogens with one attached hydrogen (secondary N) is 3. The summed E-state index contributed by atoms with van der Waals surface area (Å²) in [7, 11) is -4.39. The van der Waals surface area contributed by atoms with Gasteiger partial charge in [-0.1, -0.05) is 49.4 Å². The molecule has 39 heavy (non-hydrogen) atoms. The van der Waals surface area contributed by atoms with Crippen molar-refractivity contribution in [3.8, 4) is 0 Å². The van der Waals surface area contributed by atoms with E-state index in [2.05, 4.69) is 15.6 Å². The zero-order valence-electron chi connectivity index (χ0n) is 22.3. The maximum Gasteiger partial charge on any atom is 0.408 e. The van der Waals surface area contributed by atoms with Gasteiger partial charge in [0.1, 0.15) is 16.7 Å². The first-order valence-corrected chi connectivity index (χ1v) is 14.8. The van der Waals surface area contributed by atoms with Crippen LogP contribution >= 0.6 is 11.3 Å². The van der Waals surface area contributed by atoms with Gasteiger partial charge in [0.15, 0.2) is 0 Å². The fraction of sp³-hybridized carbons (Fsp3) is 0.370. The van der Waals surface area contributed by atoms with Crippen molar-refractivity contribution in [3.63, 3.8) is 0 Å². The van der Waals surface area contributed by atoms with Crippen molar-refractivity contribution in [1.82, 2.24) is 15.6 Å². The topological polar surface area (TPSA) is 147 Å². The molecule has 2 amide bonds. The van der Waals surface area contributed by atoms with Crippen molar-refractivity contribution in [1.29, 1.82) is 0 Å². The van der Waals surface area contributed by atoms with Gasteiger partial charge in [0.25, 0.3) is 0 Å². The molecule has 210 valence electrons. The first-order chi connectivity index (χ1) is 18.3. The molecule has 4 N–H and O–H groups in total. The highest BCUT2D eigenvalue weighted by Crippen LogP contribution is 2.24. The number of carbonyl (C=O) groups is 2. The molecule has 0 saturated carbocycles. The van der Waals surface area contributed by atoms with Crippen molar-refractivity contribution >= 4 is 39.3 Å². The molecule has 0 saturated heterocycles. The molecule has 0 unspecified atom stereocenters. The second-order valence-corrected chi connectivity index (χ2v) is 12.0. The minimum atomic E-state index is -4.39. The minimum absolute atomic E-state index is 0.203. The molecule has 3 aromatic rings. The number of thiazole rings is 1. The lowest BCUT2D eigenvalue weighted by molar-refractivity contribution is -0.124. The molecule has 0 aliphatic carbocycles. The summed E-state index contributed by atoms with van der Waals surface area (Å²) in [5.41, 5.74) is 2.04. The first-order valence-electron chi connectivity index (χ1n) is 12.4. The molecule has 0 fully saturated rings. The predicted octanol–water partition coefficient (Wildman–Crippen LogP) is 4.46. The second kappa shape index (κ2) is 13.0. The number of anilines is 1. The Morgan fingerprint density at radius 3 is 2.21 bits per heavy atom. The maximum atomic E-state index is 13.6. The molecule has 3 rings (SSSR count). The molecule has 0 aliphatic heterocycles. The van der Waals surface area contributed by atoms with Gasteiger partial charge in [-0.3, -0.25) is 14.1 Å². The summed E-state index contributed by atoms with van der Waals surface area (Å²) >= 11 is 1.43. The largest absolute Gasteiger partial charge is 0.444 e. The van der Waals surface area contributed by atoms with Crippen LogP contribution in [0.15, 0.2) is 60.0 Å². The summed E-state index contributed by atoms with van der Waals surface area (Å²) in [6, 6.07) is 14.4. The van der Waals surface area contributed by atoms with Crippen LogP contribution in [0, 0.1) is 0 Å². The molecule has 1 aromatic heterocycles. The third-order valence-electron chi connectivity index (χ3n) is 5.48. The highest BCUT2D eigenvalue weighted by Gasteiger charge is 2.28. The molecular formula is C27H34N4O6S2. The van der Waals surface area contributed by atoms with Crippen LogP contribution in [-0.4, -0.2) is 41.6 Å². The fourth-order valence-electron chi connectivity index (χ4n) is 3.72. The number of ether oxygens (including phenoxy) is 1. The standard InChI is InChI=1S/C27H34N4O6S2/c1-5-20-17-38-25(28-20)23(16-19-11-13-21(14-12-19)31-39(34,35)36)29-24(32)22(15-18-9-7-6-8-10-18)30-26(33)37-27(2,3)4/h6-14,17,22-23,31H,5,15-16H2,1-4H3,(H,29,32)(H,30,33)(H,34,35,36)/t22-,23-/m0/s1. The predicted molar refractivity (Wildman–Crippen MR) is 151 cm³/mol. The number of alkyl carbamates (subject to hydrolysis) is 1. The van der Waals surface area contributed by atoms with E-state index in [0.717, 1.165) is 23.2 Å². The number of hydrogen-bond donors (Lipinski definition) is 4. The monoisotopic (exact) mass is 574 g/mol. The lowest BCUT2D eigenvalue weighted by atomic mass is 10.0. The van der Waals surface area contributed by atoms with Crippen LogP contribution in [0.3, 0.4) is 0 Å². The number of nitrogens with zero attached hydrogens (tertiary/aromatic N) is 1. The van der Waals surface area contributed by atoms with Gasteiger partial charge < -0.3 is 15.4 Å². The normalized spacial score (nSPS) is 13.3. The van der Waals surface area contributed by atoms with E-state index in [1.165, 1.54) is 23.5 Å². The van der Waals surface area contributed by atoms with Gasteiger partial charge in [0, 0.05) is 11.8 Å². The van der Waals surface area contributed by atoms with E-state index in [0.29, 0.717) is 11.4 Å². The van der Waals surface area contributed by atoms with E-state index in [-0.39, 0.29) is 12.1 Å². The fourth-order valence-corrected chi connectivity index (χ4v) is 5.11. The number of rotatable bonds is 11. The third kappa shape index (κ3) is 10.3. The first kappa shape index (κ1) is 30.1. The molecule has 1 heterocycles. The summed E-state index contributed by atoms with van der Waals surface area (Å²) in [5, 5.41) is 8.40. The van der Waals surface area contributed by atoms with Crippen molar-refractivity contribution in [3.05, 3.63) is 81.8 Å². The summed E-state index contributed by atoms with van der Waals surface area (Å²) in [6.45, 7) is 7.24. The Morgan fingerprint density at radius 2 is 1.64 bits per heavy atom. The van der Waals surface area contributed by atoms with Gasteiger partial charge >= 0.3 is 16.4 Å². The van der Waals surface area contributed by atoms with Crippen LogP contribution in [0.5, 0.6) is 0 Å². The summed E-state index contributed by atoms with van der Waals surface area (Å²) in [5.74, 6) is -0.396. The van der Waals surface area contributed by atoms with Gasteiger partial charge in [0.05, 0.1) is 17.4 Å². The smallest absolute Gasteiger partial charge is 0.408 e. The van der Waals surface area contributed by atoms with E-state index in [4.69, 9.17) is 9.29 Å². The van der Waals surface area contributed by atoms with Crippen molar-refractivity contribution < 1.29 is 27.3 Å². The minimum Gasteiger partial charge on any atom is -0.444 e. The van der Waals surface area contributed by atoms with Crippen molar-refractivity contribution in [2.45, 2.75) is 64.6 Å². The van der Waals surface area contributed by atoms with Crippen LogP contribution < -0.4 is 15.4 Å². The number of hydrogen-bond acceptors (Lipinski definition) is 7. The van der Waals surface area contributed by atoms with Gasteiger partial charge in [-0.2, -0.15) is 8.42 Å². The Balaban J connectivity index is 1.84. The highest BCUT2D eigenvalue weighted by molar-refractivity contribution is 7.87. The Kier molecular flexibility index (Phi) is 10.1. The maximum absolute atomic E-state index is 13.6. The third-order valence-corrected chi connectivity index (χ3v) is 6.98. The molecule has 2 aromatic carbocycles. The molecule has 0 aliphatic rings. The highest BCUT2D eigenvalue weighted by atomic mass is 32.2. The Labute approximate surface area is 233 Å². The molecule has 0 spiro atoms. The zero-order chi connectivity index (χ0) is 28.6. The molecule has 12 heteroatoms. The van der Waals surface area contributed by atoms with E-state index >= 15 is 0 Å². The Hall–Kier alpha value is -3.48. The number of aromatic nitrogens is 1. The summed E-state index contributed by atoms with van der Waals surface area (Å²) in [4.78, 5) is 30.9. The van der Waals surface area contributed by atoms with Crippen molar-refractivity contribution in [2.75, 3.05) is 4.72 Å². The molecular weight excluding hydrogens is 540 g/mol. The lowest BCUT2D eigenvalue weighted by Crippen LogP contribution is -2.50. The average Bonchev–Trinajstić information content (AvgIpc) is 3.32. The number of amides is 2. The van der Waals surface area contributed by atoms with Gasteiger partial charge in [0.2, 0.25) is 5.91 Å². The number of benzene rings is 2. The van der Waals surface area contributed by atoms with Crippen LogP contribution in [0.25, 0.3) is 0 Å². The van der Waals surface area contributed by atoms with Gasteiger partial charge in [-0.05, 0) is 56.9 Å². The van der Waals surface area contributed by atoms with Gasteiger partial charge in [-0.25, -0.2) is 9.78 Å². The summed E-state index contributed by atoms with van der Waals surface area (Å²) in [6.07, 6.45) is 0.662. The Morgan fingerprint density at radius 1 is 1.00 bits per heavy atom. The van der Waals surface area contributed by atoms with Crippen LogP contribution in [-0.2, 0) is 39.1 Å². The molecule has 2 atom stereocenters. The summed E-state index contributed by atoms with van der Waals surface area (Å²) < 4.78 is 38.6. The SMILES string of the molecule is CCc1csc([C@H](Cc2ccc(NS(=O)(=O)O)cc2)NC(=O)[C@H](Cc2ccccc2)NC(=O)OC(C)(C)C)n1. The van der Waals surface area contributed by atoms with E-state index in [1.54, 1.807) is 32.9 Å². The lowest BCUT2D eigenvalue weighted by Gasteiger charge is -2.25. The molecule has 0 radical (unpaired) electrons. The van der Waals surface area contributed by atoms with E-state index in [1.807, 2.05) is 47.4 Å². The van der Waals surface area contributed by atoms with E-state index < -0.39 is 40.0 Å². The molecule has 10 nitrogen and oxygen atoms in total. The second-order valence-electron chi connectivity index (χ2n) is 9.96. The van der Waals surface area contributed by atoms with E-state index in [9.17, 15) is 18.0 Å². The van der Waals surface area contributed by atoms with Crippen LogP contribution in [0.1, 0.15) is 55.6 Å².